The van der Waals surface area contributed by atoms with E-state index in [-0.39, 0.29) is 18.0 Å². The van der Waals surface area contributed by atoms with E-state index in [0.29, 0.717) is 12.5 Å². The van der Waals surface area contributed by atoms with Crippen molar-refractivity contribution in [2.75, 3.05) is 6.54 Å². The van der Waals surface area contributed by atoms with Gasteiger partial charge >= 0.3 is 12.0 Å². The number of hydrogen-bond acceptors (Lipinski definition) is 2. The highest BCUT2D eigenvalue weighted by Crippen LogP contribution is 2.42. The highest BCUT2D eigenvalue weighted by molar-refractivity contribution is 5.84. The minimum Gasteiger partial charge on any atom is -0.480 e. The predicted molar refractivity (Wildman–Crippen MR) is 76.5 cm³/mol. The second kappa shape index (κ2) is 6.46. The molecule has 0 aromatic carbocycles. The molecule has 1 aliphatic heterocycles. The van der Waals surface area contributed by atoms with Gasteiger partial charge in [0.2, 0.25) is 0 Å². The zero-order chi connectivity index (χ0) is 14.7. The third kappa shape index (κ3) is 2.91. The molecule has 0 aromatic rings. The Hall–Kier alpha value is -1.26. The van der Waals surface area contributed by atoms with Crippen molar-refractivity contribution in [2.45, 2.75) is 64.5 Å². The molecule has 2 aliphatic rings. The van der Waals surface area contributed by atoms with E-state index in [1.54, 1.807) is 4.90 Å². The largest absolute Gasteiger partial charge is 0.480 e. The van der Waals surface area contributed by atoms with Crippen molar-refractivity contribution in [2.24, 2.45) is 11.8 Å². The van der Waals surface area contributed by atoms with Gasteiger partial charge in [0.05, 0.1) is 0 Å². The summed E-state index contributed by atoms with van der Waals surface area (Å²) < 4.78 is 0. The first kappa shape index (κ1) is 15.1. The summed E-state index contributed by atoms with van der Waals surface area (Å²) >= 11 is 0. The maximum atomic E-state index is 12.4. The molecule has 2 N–H and O–H groups in total. The van der Waals surface area contributed by atoms with Crippen molar-refractivity contribution in [1.82, 2.24) is 10.2 Å². The van der Waals surface area contributed by atoms with Crippen LogP contribution in [-0.4, -0.2) is 40.6 Å². The summed E-state index contributed by atoms with van der Waals surface area (Å²) in [5.41, 5.74) is 0. The lowest BCUT2D eigenvalue weighted by Crippen LogP contribution is -2.50. The number of rotatable bonds is 5. The van der Waals surface area contributed by atoms with Crippen molar-refractivity contribution in [1.29, 1.82) is 0 Å². The SMILES string of the molecule is CCCC(CC)NC(=O)N1CC2CCCC2C1C(=O)O. The average molecular weight is 282 g/mol. The van der Waals surface area contributed by atoms with Gasteiger partial charge in [0.1, 0.15) is 6.04 Å². The third-order valence-corrected chi connectivity index (χ3v) is 4.86. The number of nitrogens with zero attached hydrogens (tertiary/aromatic N) is 1. The molecule has 1 heterocycles. The molecule has 1 saturated heterocycles. The van der Waals surface area contributed by atoms with Crippen LogP contribution in [-0.2, 0) is 4.79 Å². The molecule has 4 atom stereocenters. The number of likely N-dealkylation sites (tertiary alicyclic amines) is 1. The Bertz CT molecular complexity index is 372. The molecule has 5 nitrogen and oxygen atoms in total. The Balaban J connectivity index is 2.03. The van der Waals surface area contributed by atoms with Crippen LogP contribution in [0, 0.1) is 11.8 Å². The van der Waals surface area contributed by atoms with Gasteiger partial charge < -0.3 is 15.3 Å². The molecule has 20 heavy (non-hydrogen) atoms. The van der Waals surface area contributed by atoms with E-state index >= 15 is 0 Å². The number of carboxylic acid groups (broad SMARTS) is 1. The minimum absolute atomic E-state index is 0.155. The number of aliphatic carboxylic acids is 1. The van der Waals surface area contributed by atoms with Crippen LogP contribution in [0.5, 0.6) is 0 Å². The van der Waals surface area contributed by atoms with Crippen LogP contribution >= 0.6 is 0 Å². The summed E-state index contributed by atoms with van der Waals surface area (Å²) in [6.45, 7) is 4.75. The molecule has 5 heteroatoms. The van der Waals surface area contributed by atoms with Crippen molar-refractivity contribution >= 4 is 12.0 Å². The fourth-order valence-electron chi connectivity index (χ4n) is 3.82. The van der Waals surface area contributed by atoms with Crippen LogP contribution in [0.15, 0.2) is 0 Å². The summed E-state index contributed by atoms with van der Waals surface area (Å²) in [4.78, 5) is 25.5. The van der Waals surface area contributed by atoms with Gasteiger partial charge in [-0.15, -0.1) is 0 Å². The normalized spacial score (nSPS) is 30.1. The quantitative estimate of drug-likeness (QED) is 0.813. The monoisotopic (exact) mass is 282 g/mol. The maximum absolute atomic E-state index is 12.4. The third-order valence-electron chi connectivity index (χ3n) is 4.86. The number of carbonyl (C=O) groups is 2. The first-order valence-electron chi connectivity index (χ1n) is 7.88. The van der Waals surface area contributed by atoms with Crippen LogP contribution in [0.4, 0.5) is 4.79 Å². The number of carbonyl (C=O) groups excluding carboxylic acids is 1. The number of urea groups is 1. The maximum Gasteiger partial charge on any atom is 0.326 e. The fraction of sp³-hybridized carbons (Fsp3) is 0.867. The standard InChI is InChI=1S/C15H26N2O3/c1-3-6-11(4-2)16-15(20)17-9-10-7-5-8-12(10)13(17)14(18)19/h10-13H,3-9H2,1-2H3,(H,16,20)(H,18,19). The van der Waals surface area contributed by atoms with Gasteiger partial charge in [0.15, 0.2) is 0 Å². The Morgan fingerprint density at radius 2 is 2.10 bits per heavy atom. The van der Waals surface area contributed by atoms with Gasteiger partial charge in [-0.05, 0) is 37.5 Å². The molecule has 0 radical (unpaired) electrons. The molecule has 2 rings (SSSR count). The Labute approximate surface area is 120 Å². The summed E-state index contributed by atoms with van der Waals surface area (Å²) in [7, 11) is 0. The summed E-state index contributed by atoms with van der Waals surface area (Å²) in [5.74, 6) is -0.310. The Morgan fingerprint density at radius 1 is 1.35 bits per heavy atom. The minimum atomic E-state index is -0.849. The van der Waals surface area contributed by atoms with Crippen molar-refractivity contribution in [3.63, 3.8) is 0 Å². The molecule has 1 saturated carbocycles. The lowest BCUT2D eigenvalue weighted by Gasteiger charge is -2.27. The number of nitrogens with one attached hydrogen (secondary N) is 1. The van der Waals surface area contributed by atoms with Gasteiger partial charge in [0.25, 0.3) is 0 Å². The Morgan fingerprint density at radius 3 is 2.70 bits per heavy atom. The highest BCUT2D eigenvalue weighted by atomic mass is 16.4. The van der Waals surface area contributed by atoms with Crippen LogP contribution < -0.4 is 5.32 Å². The van der Waals surface area contributed by atoms with E-state index in [0.717, 1.165) is 38.5 Å². The van der Waals surface area contributed by atoms with E-state index in [2.05, 4.69) is 12.2 Å². The molecule has 2 fully saturated rings. The first-order valence-corrected chi connectivity index (χ1v) is 7.88. The molecular formula is C15H26N2O3. The predicted octanol–water partition coefficient (Wildman–Crippen LogP) is 2.46. The second-order valence-electron chi connectivity index (χ2n) is 6.13. The van der Waals surface area contributed by atoms with Crippen LogP contribution in [0.2, 0.25) is 0 Å². The lowest BCUT2D eigenvalue weighted by atomic mass is 9.94. The smallest absolute Gasteiger partial charge is 0.326 e. The van der Waals surface area contributed by atoms with Gasteiger partial charge in [-0.1, -0.05) is 26.7 Å². The number of carboxylic acids is 1. The van der Waals surface area contributed by atoms with Crippen LogP contribution in [0.25, 0.3) is 0 Å². The first-order chi connectivity index (χ1) is 9.58. The molecule has 4 unspecified atom stereocenters. The van der Waals surface area contributed by atoms with E-state index in [1.165, 1.54) is 0 Å². The zero-order valence-corrected chi connectivity index (χ0v) is 12.5. The highest BCUT2D eigenvalue weighted by Gasteiger charge is 2.49. The summed E-state index contributed by atoms with van der Waals surface area (Å²) in [6, 6.07) is -0.656. The molecular weight excluding hydrogens is 256 g/mol. The zero-order valence-electron chi connectivity index (χ0n) is 12.5. The van der Waals surface area contributed by atoms with Gasteiger partial charge in [-0.3, -0.25) is 0 Å². The number of amides is 2. The number of hydrogen-bond donors (Lipinski definition) is 2. The van der Waals surface area contributed by atoms with E-state index < -0.39 is 12.0 Å². The molecule has 0 bridgehead atoms. The van der Waals surface area contributed by atoms with Crippen molar-refractivity contribution < 1.29 is 14.7 Å². The van der Waals surface area contributed by atoms with Crippen molar-refractivity contribution in [3.8, 4) is 0 Å². The molecule has 0 aromatic heterocycles. The number of fused-ring (bicyclic) bond motifs is 1. The van der Waals surface area contributed by atoms with E-state index in [9.17, 15) is 14.7 Å². The van der Waals surface area contributed by atoms with Gasteiger partial charge in [-0.25, -0.2) is 9.59 Å². The van der Waals surface area contributed by atoms with Gasteiger partial charge in [-0.2, -0.15) is 0 Å². The Kier molecular flexibility index (Phi) is 4.89. The van der Waals surface area contributed by atoms with Crippen LogP contribution in [0.3, 0.4) is 0 Å². The van der Waals surface area contributed by atoms with Crippen molar-refractivity contribution in [3.05, 3.63) is 0 Å². The van der Waals surface area contributed by atoms with E-state index in [4.69, 9.17) is 0 Å². The topological polar surface area (TPSA) is 69.6 Å². The average Bonchev–Trinajstić information content (AvgIpc) is 2.97. The second-order valence-corrected chi connectivity index (χ2v) is 6.13. The molecule has 0 spiro atoms. The summed E-state index contributed by atoms with van der Waals surface area (Å²) in [6.07, 6.45) is 5.95. The van der Waals surface area contributed by atoms with Crippen LogP contribution in [0.1, 0.15) is 52.4 Å². The lowest BCUT2D eigenvalue weighted by molar-refractivity contribution is -0.142. The van der Waals surface area contributed by atoms with E-state index in [1.807, 2.05) is 6.92 Å². The molecule has 114 valence electrons. The summed E-state index contributed by atoms with van der Waals surface area (Å²) in [5, 5.41) is 12.5. The molecule has 1 aliphatic carbocycles. The molecule has 2 amide bonds. The fourth-order valence-corrected chi connectivity index (χ4v) is 3.82. The van der Waals surface area contributed by atoms with Gasteiger partial charge in [0, 0.05) is 12.6 Å².